The highest BCUT2D eigenvalue weighted by atomic mass is 28.4. The lowest BCUT2D eigenvalue weighted by Crippen LogP contribution is -2.66. The van der Waals surface area contributed by atoms with Crippen LogP contribution in [0.2, 0.25) is 6.04 Å². The van der Waals surface area contributed by atoms with Gasteiger partial charge in [0.25, 0.3) is 0 Å². The van der Waals surface area contributed by atoms with Crippen molar-refractivity contribution >= 4 is 8.72 Å². The highest BCUT2D eigenvalue weighted by molar-refractivity contribution is 6.64. The molecule has 2 atom stereocenters. The average molecular weight is 243 g/mol. The smallest absolute Gasteiger partial charge is 0.383 e. The summed E-state index contributed by atoms with van der Waals surface area (Å²) < 4.78 is 14.9. The molecule has 0 radical (unpaired) electrons. The molecule has 94 valence electrons. The van der Waals surface area contributed by atoms with Gasteiger partial charge in [-0.3, -0.25) is 4.57 Å². The van der Waals surface area contributed by atoms with Crippen LogP contribution in [0.1, 0.15) is 46.0 Å². The SMILES string of the molecule is CCC[Si]1(OCC)OCCC2CCCCN21. The molecule has 2 fully saturated rings. The molecule has 2 aliphatic heterocycles. The summed E-state index contributed by atoms with van der Waals surface area (Å²) >= 11 is 0. The normalized spacial score (nSPS) is 36.0. The molecule has 2 saturated heterocycles. The molecule has 0 aliphatic carbocycles. The fourth-order valence-corrected chi connectivity index (χ4v) is 6.96. The molecule has 0 amide bonds. The number of nitrogens with zero attached hydrogens (tertiary/aromatic N) is 1. The molecule has 0 saturated carbocycles. The third-order valence-corrected chi connectivity index (χ3v) is 7.77. The van der Waals surface area contributed by atoms with Crippen LogP contribution in [0.5, 0.6) is 0 Å². The first-order chi connectivity index (χ1) is 7.82. The van der Waals surface area contributed by atoms with Crippen LogP contribution < -0.4 is 0 Å². The van der Waals surface area contributed by atoms with E-state index in [4.69, 9.17) is 8.85 Å². The summed E-state index contributed by atoms with van der Waals surface area (Å²) in [4.78, 5) is 0. The lowest BCUT2D eigenvalue weighted by atomic mass is 10.0. The van der Waals surface area contributed by atoms with E-state index in [-0.39, 0.29) is 0 Å². The maximum absolute atomic E-state index is 6.16. The van der Waals surface area contributed by atoms with E-state index in [1.807, 2.05) is 0 Å². The minimum atomic E-state index is -2.01. The molecule has 16 heavy (non-hydrogen) atoms. The Balaban J connectivity index is 2.13. The van der Waals surface area contributed by atoms with Crippen molar-refractivity contribution in [1.29, 1.82) is 0 Å². The van der Waals surface area contributed by atoms with Crippen LogP contribution in [0.15, 0.2) is 0 Å². The first kappa shape index (κ1) is 12.6. The lowest BCUT2D eigenvalue weighted by molar-refractivity contribution is 0.0350. The Labute approximate surface area is 100 Å². The van der Waals surface area contributed by atoms with E-state index in [9.17, 15) is 0 Å². The molecule has 0 spiro atoms. The van der Waals surface area contributed by atoms with Gasteiger partial charge in [-0.25, -0.2) is 0 Å². The summed E-state index contributed by atoms with van der Waals surface area (Å²) in [6, 6.07) is 1.89. The average Bonchev–Trinajstić information content (AvgIpc) is 2.30. The number of hydrogen-bond donors (Lipinski definition) is 0. The van der Waals surface area contributed by atoms with Crippen LogP contribution in [0, 0.1) is 0 Å². The van der Waals surface area contributed by atoms with Gasteiger partial charge in [0.05, 0.1) is 0 Å². The van der Waals surface area contributed by atoms with Crippen molar-refractivity contribution in [2.24, 2.45) is 0 Å². The first-order valence-electron chi connectivity index (χ1n) is 6.87. The third kappa shape index (κ3) is 2.35. The predicted molar refractivity (Wildman–Crippen MR) is 67.4 cm³/mol. The van der Waals surface area contributed by atoms with Gasteiger partial charge in [0, 0.05) is 25.3 Å². The van der Waals surface area contributed by atoms with Crippen molar-refractivity contribution in [1.82, 2.24) is 4.57 Å². The van der Waals surface area contributed by atoms with Crippen LogP contribution in [0.3, 0.4) is 0 Å². The van der Waals surface area contributed by atoms with E-state index in [1.54, 1.807) is 0 Å². The molecule has 2 aliphatic rings. The zero-order valence-electron chi connectivity index (χ0n) is 10.7. The maximum Gasteiger partial charge on any atom is 0.428 e. The maximum atomic E-state index is 6.16. The van der Waals surface area contributed by atoms with Crippen molar-refractivity contribution in [3.63, 3.8) is 0 Å². The Morgan fingerprint density at radius 3 is 2.94 bits per heavy atom. The van der Waals surface area contributed by atoms with Gasteiger partial charge in [0.2, 0.25) is 0 Å². The van der Waals surface area contributed by atoms with Crippen LogP contribution in [-0.4, -0.2) is 39.1 Å². The largest absolute Gasteiger partial charge is 0.428 e. The van der Waals surface area contributed by atoms with E-state index in [2.05, 4.69) is 18.4 Å². The molecule has 0 bridgehead atoms. The van der Waals surface area contributed by atoms with Gasteiger partial charge in [-0.05, 0) is 32.7 Å². The van der Waals surface area contributed by atoms with Gasteiger partial charge in [0.1, 0.15) is 0 Å². The number of rotatable bonds is 4. The highest BCUT2D eigenvalue weighted by Gasteiger charge is 2.50. The predicted octanol–water partition coefficient (Wildman–Crippen LogP) is 2.65. The van der Waals surface area contributed by atoms with E-state index in [0.717, 1.165) is 25.3 Å². The monoisotopic (exact) mass is 243 g/mol. The second-order valence-electron chi connectivity index (χ2n) is 4.88. The Bertz CT molecular complexity index is 212. The molecule has 2 heterocycles. The molecule has 0 aromatic heterocycles. The number of hydrogen-bond acceptors (Lipinski definition) is 3. The zero-order valence-corrected chi connectivity index (χ0v) is 11.7. The molecule has 2 unspecified atom stereocenters. The summed E-state index contributed by atoms with van der Waals surface area (Å²) in [5, 5.41) is 0. The summed E-state index contributed by atoms with van der Waals surface area (Å²) in [6.07, 6.45) is 6.46. The topological polar surface area (TPSA) is 21.7 Å². The van der Waals surface area contributed by atoms with Crippen LogP contribution in [-0.2, 0) is 8.85 Å². The molecular weight excluding hydrogens is 218 g/mol. The minimum Gasteiger partial charge on any atom is -0.383 e. The van der Waals surface area contributed by atoms with Crippen molar-refractivity contribution in [2.75, 3.05) is 19.8 Å². The summed E-state index contributed by atoms with van der Waals surface area (Å²) in [7, 11) is -2.01. The Hall–Kier alpha value is 0.0969. The van der Waals surface area contributed by atoms with Crippen molar-refractivity contribution in [3.05, 3.63) is 0 Å². The second kappa shape index (κ2) is 5.62. The Morgan fingerprint density at radius 1 is 1.31 bits per heavy atom. The quantitative estimate of drug-likeness (QED) is 0.709. The second-order valence-corrected chi connectivity index (χ2v) is 7.95. The van der Waals surface area contributed by atoms with Crippen molar-refractivity contribution < 1.29 is 8.85 Å². The fourth-order valence-electron chi connectivity index (χ4n) is 3.14. The summed E-state index contributed by atoms with van der Waals surface area (Å²) in [5.74, 6) is 0. The van der Waals surface area contributed by atoms with Gasteiger partial charge < -0.3 is 8.85 Å². The highest BCUT2D eigenvalue weighted by Crippen LogP contribution is 2.33. The van der Waals surface area contributed by atoms with E-state index < -0.39 is 8.72 Å². The summed E-state index contributed by atoms with van der Waals surface area (Å²) in [6.45, 7) is 7.27. The molecule has 0 aromatic rings. The van der Waals surface area contributed by atoms with E-state index >= 15 is 0 Å². The van der Waals surface area contributed by atoms with Crippen molar-refractivity contribution in [3.8, 4) is 0 Å². The standard InChI is InChI=1S/C12H25NO2Si/c1-3-11-16(14-4-2)13-9-6-5-7-12(13)8-10-15-16/h12H,3-11H2,1-2H3. The number of fused-ring (bicyclic) bond motifs is 1. The molecule has 3 nitrogen and oxygen atoms in total. The zero-order chi connectivity index (χ0) is 11.4. The molecule has 4 heteroatoms. The minimum absolute atomic E-state index is 0.757. The molecule has 0 aromatic carbocycles. The summed E-state index contributed by atoms with van der Waals surface area (Å²) in [5.41, 5.74) is 0. The Kier molecular flexibility index (Phi) is 4.41. The van der Waals surface area contributed by atoms with Crippen LogP contribution >= 0.6 is 0 Å². The fraction of sp³-hybridized carbons (Fsp3) is 1.00. The van der Waals surface area contributed by atoms with Crippen LogP contribution in [0.25, 0.3) is 0 Å². The molecule has 2 rings (SSSR count). The van der Waals surface area contributed by atoms with Gasteiger partial charge in [0.15, 0.2) is 0 Å². The van der Waals surface area contributed by atoms with Crippen LogP contribution in [0.4, 0.5) is 0 Å². The first-order valence-corrected chi connectivity index (χ1v) is 8.84. The van der Waals surface area contributed by atoms with Gasteiger partial charge >= 0.3 is 8.72 Å². The van der Waals surface area contributed by atoms with E-state index in [1.165, 1.54) is 38.6 Å². The van der Waals surface area contributed by atoms with E-state index in [0.29, 0.717) is 0 Å². The lowest BCUT2D eigenvalue weighted by Gasteiger charge is -2.49. The number of piperidine rings is 1. The third-order valence-electron chi connectivity index (χ3n) is 3.78. The van der Waals surface area contributed by atoms with Crippen molar-refractivity contribution in [2.45, 2.75) is 58.0 Å². The Morgan fingerprint density at radius 2 is 2.19 bits per heavy atom. The van der Waals surface area contributed by atoms with Gasteiger partial charge in [-0.15, -0.1) is 0 Å². The molecular formula is C12H25NO2Si. The van der Waals surface area contributed by atoms with Gasteiger partial charge in [-0.1, -0.05) is 19.8 Å². The molecule has 0 N–H and O–H groups in total. The van der Waals surface area contributed by atoms with Gasteiger partial charge in [-0.2, -0.15) is 0 Å².